The quantitative estimate of drug-likeness (QED) is 0.470. The molecule has 0 spiro atoms. The molecule has 2 rings (SSSR count). The van der Waals surface area contributed by atoms with Gasteiger partial charge in [-0.25, -0.2) is 0 Å². The van der Waals surface area contributed by atoms with Crippen molar-refractivity contribution in [3.05, 3.63) is 0 Å². The third-order valence-electron chi connectivity index (χ3n) is 3.04. The molecule has 0 heterocycles. The van der Waals surface area contributed by atoms with Crippen molar-refractivity contribution in [3.63, 3.8) is 0 Å². The Kier molecular flexibility index (Phi) is 2.35. The van der Waals surface area contributed by atoms with E-state index in [1.54, 1.807) is 7.11 Å². The number of nitrogens with two attached hydrogens (primary N) is 1. The van der Waals surface area contributed by atoms with Gasteiger partial charge in [0.15, 0.2) is 0 Å². The predicted octanol–water partition coefficient (Wildman–Crippen LogP) is 0.653. The monoisotopic (exact) mass is 170 g/mol. The summed E-state index contributed by atoms with van der Waals surface area (Å²) in [4.78, 5) is 0. The summed E-state index contributed by atoms with van der Waals surface area (Å²) in [6.07, 6.45) is 5.65. The van der Waals surface area contributed by atoms with Crippen LogP contribution in [-0.2, 0) is 4.74 Å². The minimum atomic E-state index is 0.363. The Morgan fingerprint density at radius 2 is 1.83 bits per heavy atom. The fraction of sp³-hybridized carbons (Fsp3) is 1.00. The second-order valence-corrected chi connectivity index (χ2v) is 4.07. The van der Waals surface area contributed by atoms with Gasteiger partial charge in [0.2, 0.25) is 0 Å². The summed E-state index contributed by atoms with van der Waals surface area (Å²) in [5.74, 6) is 7.08. The lowest BCUT2D eigenvalue weighted by atomic mass is 10.0. The van der Waals surface area contributed by atoms with Gasteiger partial charge < -0.3 is 4.74 Å². The highest BCUT2D eigenvalue weighted by Gasteiger charge is 2.43. The molecule has 0 bridgehead atoms. The Hall–Kier alpha value is -0.120. The van der Waals surface area contributed by atoms with Crippen molar-refractivity contribution in [2.45, 2.75) is 37.8 Å². The Labute approximate surface area is 73.6 Å². The first kappa shape index (κ1) is 8.48. The van der Waals surface area contributed by atoms with Crippen molar-refractivity contribution in [2.75, 3.05) is 7.11 Å². The van der Waals surface area contributed by atoms with Gasteiger partial charge in [0, 0.05) is 7.11 Å². The lowest BCUT2D eigenvalue weighted by Crippen LogP contribution is -2.47. The second kappa shape index (κ2) is 3.32. The van der Waals surface area contributed by atoms with Gasteiger partial charge in [-0.05, 0) is 37.5 Å². The number of methoxy groups -OCH3 is 1. The third kappa shape index (κ3) is 1.63. The molecule has 0 aromatic carbocycles. The van der Waals surface area contributed by atoms with E-state index in [0.29, 0.717) is 12.1 Å². The first-order valence-electron chi connectivity index (χ1n) is 4.85. The summed E-state index contributed by atoms with van der Waals surface area (Å²) in [6.45, 7) is 0. The summed E-state index contributed by atoms with van der Waals surface area (Å²) < 4.78 is 5.49. The summed E-state index contributed by atoms with van der Waals surface area (Å²) in [7, 11) is 1.80. The van der Waals surface area contributed by atoms with Crippen molar-refractivity contribution < 1.29 is 4.74 Å². The van der Waals surface area contributed by atoms with Crippen LogP contribution in [0.5, 0.6) is 0 Å². The van der Waals surface area contributed by atoms with E-state index in [2.05, 4.69) is 5.43 Å². The normalized spacial score (nSPS) is 28.5. The van der Waals surface area contributed by atoms with Crippen molar-refractivity contribution in [3.8, 4) is 0 Å². The Morgan fingerprint density at radius 1 is 1.25 bits per heavy atom. The fourth-order valence-electron chi connectivity index (χ4n) is 2.01. The molecule has 0 aromatic heterocycles. The molecule has 0 aromatic rings. The van der Waals surface area contributed by atoms with E-state index in [9.17, 15) is 0 Å². The minimum absolute atomic E-state index is 0.363. The molecule has 0 saturated heterocycles. The molecule has 2 aliphatic rings. The van der Waals surface area contributed by atoms with Crippen LogP contribution >= 0.6 is 0 Å². The first-order chi connectivity index (χ1) is 5.86. The molecular weight excluding hydrogens is 152 g/mol. The molecule has 3 N–H and O–H groups in total. The largest absolute Gasteiger partial charge is 0.379 e. The van der Waals surface area contributed by atoms with E-state index in [1.165, 1.54) is 25.7 Å². The average molecular weight is 170 g/mol. The Balaban J connectivity index is 1.91. The van der Waals surface area contributed by atoms with Crippen molar-refractivity contribution in [2.24, 2.45) is 17.7 Å². The van der Waals surface area contributed by atoms with Crippen molar-refractivity contribution in [1.29, 1.82) is 0 Å². The highest BCUT2D eigenvalue weighted by atomic mass is 16.5. The van der Waals surface area contributed by atoms with Gasteiger partial charge in [-0.15, -0.1) is 0 Å². The number of rotatable bonds is 5. The zero-order valence-corrected chi connectivity index (χ0v) is 7.62. The van der Waals surface area contributed by atoms with Crippen LogP contribution in [0.1, 0.15) is 25.7 Å². The lowest BCUT2D eigenvalue weighted by Gasteiger charge is -2.25. The molecule has 0 amide bonds. The smallest absolute Gasteiger partial charge is 0.0768 e. The van der Waals surface area contributed by atoms with Crippen molar-refractivity contribution in [1.82, 2.24) is 5.43 Å². The molecule has 0 aliphatic heterocycles. The molecule has 2 unspecified atom stereocenters. The maximum absolute atomic E-state index is 5.53. The molecule has 2 saturated carbocycles. The van der Waals surface area contributed by atoms with Gasteiger partial charge in [0.05, 0.1) is 12.1 Å². The SMILES string of the molecule is COC(C1CC1)C(NN)C1CC1. The molecule has 0 radical (unpaired) electrons. The van der Waals surface area contributed by atoms with Gasteiger partial charge in [-0.3, -0.25) is 11.3 Å². The van der Waals surface area contributed by atoms with E-state index in [4.69, 9.17) is 10.6 Å². The predicted molar refractivity (Wildman–Crippen MR) is 47.4 cm³/mol. The third-order valence-corrected chi connectivity index (χ3v) is 3.04. The van der Waals surface area contributed by atoms with Crippen LogP contribution in [0.4, 0.5) is 0 Å². The van der Waals surface area contributed by atoms with Crippen LogP contribution in [0.15, 0.2) is 0 Å². The number of ether oxygens (including phenoxy) is 1. The lowest BCUT2D eigenvalue weighted by molar-refractivity contribution is 0.0441. The first-order valence-corrected chi connectivity index (χ1v) is 4.85. The van der Waals surface area contributed by atoms with Gasteiger partial charge in [0.25, 0.3) is 0 Å². The van der Waals surface area contributed by atoms with Gasteiger partial charge in [0.1, 0.15) is 0 Å². The molecule has 3 heteroatoms. The summed E-state index contributed by atoms with van der Waals surface area (Å²) >= 11 is 0. The van der Waals surface area contributed by atoms with Crippen LogP contribution in [-0.4, -0.2) is 19.3 Å². The standard InChI is InChI=1S/C9H18N2O/c1-12-9(7-4-5-7)8(11-10)6-2-3-6/h6-9,11H,2-5,10H2,1H3. The molecule has 2 atom stereocenters. The van der Waals surface area contributed by atoms with E-state index >= 15 is 0 Å². The molecule has 70 valence electrons. The highest BCUT2D eigenvalue weighted by Crippen LogP contribution is 2.42. The molecule has 2 aliphatic carbocycles. The van der Waals surface area contributed by atoms with Gasteiger partial charge >= 0.3 is 0 Å². The maximum Gasteiger partial charge on any atom is 0.0768 e. The molecule has 2 fully saturated rings. The maximum atomic E-state index is 5.53. The van der Waals surface area contributed by atoms with E-state index in [-0.39, 0.29) is 0 Å². The Bertz CT molecular complexity index is 137. The van der Waals surface area contributed by atoms with Crippen LogP contribution in [0, 0.1) is 11.8 Å². The number of hydrogen-bond acceptors (Lipinski definition) is 3. The van der Waals surface area contributed by atoms with E-state index < -0.39 is 0 Å². The van der Waals surface area contributed by atoms with Crippen LogP contribution < -0.4 is 11.3 Å². The average Bonchev–Trinajstić information content (AvgIpc) is 2.85. The molecule has 3 nitrogen and oxygen atoms in total. The summed E-state index contributed by atoms with van der Waals surface area (Å²) in [6, 6.07) is 0.405. The molecular formula is C9H18N2O. The zero-order chi connectivity index (χ0) is 8.55. The van der Waals surface area contributed by atoms with E-state index in [1.807, 2.05) is 0 Å². The van der Waals surface area contributed by atoms with Crippen LogP contribution in [0.25, 0.3) is 0 Å². The minimum Gasteiger partial charge on any atom is -0.379 e. The van der Waals surface area contributed by atoms with Crippen LogP contribution in [0.2, 0.25) is 0 Å². The Morgan fingerprint density at radius 3 is 2.17 bits per heavy atom. The zero-order valence-electron chi connectivity index (χ0n) is 7.62. The number of hydrazine groups is 1. The topological polar surface area (TPSA) is 47.3 Å². The van der Waals surface area contributed by atoms with Gasteiger partial charge in [-0.1, -0.05) is 0 Å². The van der Waals surface area contributed by atoms with Crippen LogP contribution in [0.3, 0.4) is 0 Å². The summed E-state index contributed by atoms with van der Waals surface area (Å²) in [5, 5.41) is 0. The second-order valence-electron chi connectivity index (χ2n) is 4.07. The number of hydrogen-bond donors (Lipinski definition) is 2. The summed E-state index contributed by atoms with van der Waals surface area (Å²) in [5.41, 5.74) is 2.91. The van der Waals surface area contributed by atoms with E-state index in [0.717, 1.165) is 11.8 Å². The number of nitrogens with one attached hydrogen (secondary N) is 1. The van der Waals surface area contributed by atoms with Crippen molar-refractivity contribution >= 4 is 0 Å². The molecule has 12 heavy (non-hydrogen) atoms. The van der Waals surface area contributed by atoms with Gasteiger partial charge in [-0.2, -0.15) is 0 Å². The fourth-order valence-corrected chi connectivity index (χ4v) is 2.01. The highest BCUT2D eigenvalue weighted by molar-refractivity contribution is 4.96.